The van der Waals surface area contributed by atoms with Crippen LogP contribution >= 0.6 is 7.82 Å². The number of benzene rings is 3. The van der Waals surface area contributed by atoms with Crippen LogP contribution in [0, 0.1) is 0 Å². The van der Waals surface area contributed by atoms with Crippen LogP contribution in [0.3, 0.4) is 0 Å². The van der Waals surface area contributed by atoms with Crippen molar-refractivity contribution >= 4 is 18.6 Å². The number of phosphoric acid groups is 1. The molecule has 3 rings (SSSR count). The van der Waals surface area contributed by atoms with Crippen molar-refractivity contribution in [2.45, 2.75) is 12.5 Å². The number of hydrogen-bond acceptors (Lipinski definition) is 3. The van der Waals surface area contributed by atoms with Gasteiger partial charge in [-0.1, -0.05) is 66.7 Å². The molecule has 0 unspecified atom stereocenters. The smallest absolute Gasteiger partial charge is 0.474 e. The summed E-state index contributed by atoms with van der Waals surface area (Å²) < 4.78 is 22.4. The van der Waals surface area contributed by atoms with Crippen LogP contribution < -0.4 is 17.1 Å². The van der Waals surface area contributed by atoms with Crippen LogP contribution in [0.2, 0.25) is 0 Å². The number of hydrogen-bond donors (Lipinski definition) is 2. The second-order valence-electron chi connectivity index (χ2n) is 7.57. The zero-order valence-electron chi connectivity index (χ0n) is 17.0. The van der Waals surface area contributed by atoms with E-state index in [0.29, 0.717) is 13.0 Å². The van der Waals surface area contributed by atoms with Crippen LogP contribution in [0.1, 0.15) is 18.0 Å². The third-order valence-electron chi connectivity index (χ3n) is 4.99. The molecule has 162 valence electrons. The van der Waals surface area contributed by atoms with Crippen LogP contribution in [0.25, 0.3) is 10.8 Å². The molecule has 0 bridgehead atoms. The van der Waals surface area contributed by atoms with Crippen LogP contribution in [0.4, 0.5) is 0 Å². The highest BCUT2D eigenvalue weighted by Gasteiger charge is 2.32. The van der Waals surface area contributed by atoms with Crippen molar-refractivity contribution in [1.29, 1.82) is 0 Å². The van der Waals surface area contributed by atoms with E-state index in [-0.39, 0.29) is 29.7 Å². The Labute approximate surface area is 183 Å². The van der Waals surface area contributed by atoms with Gasteiger partial charge >= 0.3 is 7.82 Å². The average Bonchev–Trinajstić information content (AvgIpc) is 2.70. The average molecular weight is 452 g/mol. The van der Waals surface area contributed by atoms with Crippen molar-refractivity contribution in [3.05, 3.63) is 78.4 Å². The lowest BCUT2D eigenvalue weighted by Crippen LogP contribution is -3.00. The maximum Gasteiger partial charge on any atom is 0.474 e. The topological polar surface area (TPSA) is 76.0 Å². The predicted molar refractivity (Wildman–Crippen MR) is 113 cm³/mol. The van der Waals surface area contributed by atoms with E-state index in [4.69, 9.17) is 19.0 Å². The second-order valence-corrected chi connectivity index (χ2v) is 8.81. The molecule has 0 aromatic heterocycles. The molecule has 0 aliphatic heterocycles. The van der Waals surface area contributed by atoms with Gasteiger partial charge in [-0.3, -0.25) is 4.48 Å². The Bertz CT molecular complexity index is 988. The Hall–Kier alpha value is -1.92. The fourth-order valence-electron chi connectivity index (χ4n) is 3.51. The van der Waals surface area contributed by atoms with E-state index in [9.17, 15) is 4.57 Å². The van der Waals surface area contributed by atoms with Crippen LogP contribution in [0.5, 0.6) is 5.75 Å². The van der Waals surface area contributed by atoms with Gasteiger partial charge < -0.3 is 26.9 Å². The normalized spacial score (nSPS) is 12.9. The van der Waals surface area contributed by atoms with Gasteiger partial charge in [-0.15, -0.1) is 0 Å². The first-order valence-electron chi connectivity index (χ1n) is 9.44. The monoisotopic (exact) mass is 451 g/mol. The van der Waals surface area contributed by atoms with Crippen LogP contribution in [0.15, 0.2) is 72.8 Å². The Balaban J connectivity index is 0.00000320. The Morgan fingerprint density at radius 3 is 2.27 bits per heavy atom. The summed E-state index contributed by atoms with van der Waals surface area (Å²) in [4.78, 5) is 18.2. The fraction of sp³-hybridized carbons (Fsp3) is 0.273. The number of quaternary nitrogens is 1. The molecule has 0 amide bonds. The van der Waals surface area contributed by atoms with Crippen LogP contribution in [-0.4, -0.2) is 41.7 Å². The van der Waals surface area contributed by atoms with Crippen molar-refractivity contribution < 1.29 is 40.5 Å². The lowest BCUT2D eigenvalue weighted by atomic mass is 10.0. The zero-order valence-corrected chi connectivity index (χ0v) is 18.7. The number of nitrogens with zero attached hydrogens (tertiary/aromatic N) is 1. The van der Waals surface area contributed by atoms with Gasteiger partial charge in [0.2, 0.25) is 0 Å². The van der Waals surface area contributed by atoms with E-state index in [1.54, 1.807) is 0 Å². The lowest BCUT2D eigenvalue weighted by Gasteiger charge is -2.37. The van der Waals surface area contributed by atoms with E-state index in [1.807, 2.05) is 86.9 Å². The number of ether oxygens (including phenoxy) is 1. The summed E-state index contributed by atoms with van der Waals surface area (Å²) in [6, 6.07) is 23.9. The molecule has 6 nitrogen and oxygen atoms in total. The Morgan fingerprint density at radius 1 is 0.933 bits per heavy atom. The molecule has 8 heteroatoms. The van der Waals surface area contributed by atoms with E-state index in [1.165, 1.54) is 0 Å². The van der Waals surface area contributed by atoms with Crippen LogP contribution in [-0.2, 0) is 9.09 Å². The first-order valence-corrected chi connectivity index (χ1v) is 11.0. The number of halogens is 1. The fourth-order valence-corrected chi connectivity index (χ4v) is 3.96. The van der Waals surface area contributed by atoms with Crippen molar-refractivity contribution in [3.63, 3.8) is 0 Å². The van der Waals surface area contributed by atoms with Gasteiger partial charge in [0.1, 0.15) is 11.8 Å². The van der Waals surface area contributed by atoms with Crippen molar-refractivity contribution in [1.82, 2.24) is 0 Å². The number of rotatable bonds is 9. The zero-order chi connectivity index (χ0) is 20.9. The van der Waals surface area contributed by atoms with Crippen molar-refractivity contribution in [3.8, 4) is 5.75 Å². The molecule has 0 radical (unpaired) electrons. The first kappa shape index (κ1) is 24.4. The molecule has 0 heterocycles. The molecule has 2 N–H and O–H groups in total. The van der Waals surface area contributed by atoms with Gasteiger partial charge in [0, 0.05) is 17.4 Å². The van der Waals surface area contributed by atoms with Gasteiger partial charge in [0.25, 0.3) is 0 Å². The Kier molecular flexibility index (Phi) is 8.44. The van der Waals surface area contributed by atoms with E-state index >= 15 is 0 Å². The first-order chi connectivity index (χ1) is 13.8. The molecule has 0 saturated carbocycles. The predicted octanol–water partition coefficient (Wildman–Crippen LogP) is 1.50. The minimum atomic E-state index is -4.54. The summed E-state index contributed by atoms with van der Waals surface area (Å²) in [7, 11) is -0.753. The second kappa shape index (κ2) is 10.4. The maximum atomic E-state index is 11.2. The summed E-state index contributed by atoms with van der Waals surface area (Å²) in [5.41, 5.74) is 1.06. The standard InChI is InChI=1S/C22H26NO5P.ClH/c1-23(2,17-28-29(24,25)26)21(19-10-4-3-5-11-19)15-16-27-22-14-8-12-18-9-6-7-13-20(18)22;/h3-14,21H,15-17H2,1-2H3,(H-,24,25,26);1H/t21-;/m0./s1. The van der Waals surface area contributed by atoms with E-state index in [2.05, 4.69) is 0 Å². The minimum absolute atomic E-state index is 0. The Morgan fingerprint density at radius 2 is 1.57 bits per heavy atom. The highest BCUT2D eigenvalue weighted by molar-refractivity contribution is 7.46. The molecule has 1 atom stereocenters. The molecule has 0 saturated heterocycles. The SMILES string of the molecule is C[N+](C)(COP(=O)(O)O)[C@@H](CCOc1cccc2ccccc12)c1ccccc1.[Cl-]. The molecule has 0 spiro atoms. The summed E-state index contributed by atoms with van der Waals surface area (Å²) in [6.07, 6.45) is 0.657. The molecule has 0 fully saturated rings. The lowest BCUT2D eigenvalue weighted by molar-refractivity contribution is -0.936. The van der Waals surface area contributed by atoms with Gasteiger partial charge in [-0.05, 0) is 11.5 Å². The van der Waals surface area contributed by atoms with Gasteiger partial charge in [-0.2, -0.15) is 0 Å². The van der Waals surface area contributed by atoms with Gasteiger partial charge in [0.15, 0.2) is 6.73 Å². The summed E-state index contributed by atoms with van der Waals surface area (Å²) >= 11 is 0. The third-order valence-corrected chi connectivity index (χ3v) is 5.44. The summed E-state index contributed by atoms with van der Waals surface area (Å²) in [5.74, 6) is 0.826. The number of fused-ring (bicyclic) bond motifs is 1. The molecule has 30 heavy (non-hydrogen) atoms. The maximum absolute atomic E-state index is 11.2. The van der Waals surface area contributed by atoms with Gasteiger partial charge in [0.05, 0.1) is 20.7 Å². The van der Waals surface area contributed by atoms with Crippen molar-refractivity contribution in [2.24, 2.45) is 0 Å². The largest absolute Gasteiger partial charge is 1.00 e. The summed E-state index contributed by atoms with van der Waals surface area (Å²) in [5, 5.41) is 2.18. The minimum Gasteiger partial charge on any atom is -1.00 e. The summed E-state index contributed by atoms with van der Waals surface area (Å²) in [6.45, 7) is 0.350. The molecule has 0 aliphatic rings. The molecule has 0 aliphatic carbocycles. The highest BCUT2D eigenvalue weighted by Crippen LogP contribution is 2.38. The quantitative estimate of drug-likeness (QED) is 0.293. The van der Waals surface area contributed by atoms with E-state index in [0.717, 1.165) is 22.1 Å². The molecule has 3 aromatic rings. The molecule has 3 aromatic carbocycles. The molecular formula is C22H27ClNO5P. The third kappa shape index (κ3) is 6.54. The number of phosphoric ester groups is 1. The van der Waals surface area contributed by atoms with Gasteiger partial charge in [-0.25, -0.2) is 9.09 Å². The van der Waals surface area contributed by atoms with Crippen molar-refractivity contribution in [2.75, 3.05) is 27.4 Å². The highest BCUT2D eigenvalue weighted by atomic mass is 35.5. The molecular weight excluding hydrogens is 425 g/mol. The van der Waals surface area contributed by atoms with E-state index < -0.39 is 7.82 Å².